The smallest absolute Gasteiger partial charge is 0.247 e. The lowest BCUT2D eigenvalue weighted by molar-refractivity contribution is 0.441. The van der Waals surface area contributed by atoms with Crippen molar-refractivity contribution in [2.75, 3.05) is 47.4 Å². The molecule has 2 aromatic rings. The van der Waals surface area contributed by atoms with Crippen LogP contribution in [0.1, 0.15) is 38.2 Å². The highest BCUT2D eigenvalue weighted by Crippen LogP contribution is 2.25. The summed E-state index contributed by atoms with van der Waals surface area (Å²) in [6.45, 7) is 9.38. The maximum atomic E-state index is 4.89. The largest absolute Gasteiger partial charge is 0.368 e. The van der Waals surface area contributed by atoms with E-state index >= 15 is 0 Å². The molecule has 1 aromatic carbocycles. The number of benzene rings is 1. The lowest BCUT2D eigenvalue weighted by Gasteiger charge is -2.38. The number of rotatable bonds is 4. The highest BCUT2D eigenvalue weighted by molar-refractivity contribution is 5.51. The average Bonchev–Trinajstić information content (AvgIpc) is 2.74. The lowest BCUT2D eigenvalue weighted by atomic mass is 10.0. The van der Waals surface area contributed by atoms with Gasteiger partial charge in [0.25, 0.3) is 0 Å². The van der Waals surface area contributed by atoms with Gasteiger partial charge in [0.2, 0.25) is 5.95 Å². The zero-order valence-electron chi connectivity index (χ0n) is 16.5. The van der Waals surface area contributed by atoms with Gasteiger partial charge in [0.1, 0.15) is 0 Å². The van der Waals surface area contributed by atoms with Crippen LogP contribution in [0.5, 0.6) is 0 Å². The van der Waals surface area contributed by atoms with Crippen LogP contribution in [0.2, 0.25) is 0 Å². The van der Waals surface area contributed by atoms with Crippen molar-refractivity contribution in [2.24, 2.45) is 0 Å². The van der Waals surface area contributed by atoms with E-state index in [1.165, 1.54) is 30.5 Å². The van der Waals surface area contributed by atoms with E-state index in [0.29, 0.717) is 6.04 Å². The van der Waals surface area contributed by atoms with E-state index in [4.69, 9.17) is 4.98 Å². The fourth-order valence-corrected chi connectivity index (χ4v) is 4.27. The van der Waals surface area contributed by atoms with Crippen LogP contribution in [0.25, 0.3) is 0 Å². The van der Waals surface area contributed by atoms with E-state index in [1.807, 2.05) is 6.20 Å². The monoisotopic (exact) mass is 366 g/mol. The van der Waals surface area contributed by atoms with E-state index < -0.39 is 0 Å². The Kier molecular flexibility index (Phi) is 5.41. The van der Waals surface area contributed by atoms with Crippen LogP contribution in [0.3, 0.4) is 0 Å². The number of aryl methyl sites for hydroxylation is 1. The molecular weight excluding hydrogens is 336 g/mol. The fraction of sp³-hybridized carbons (Fsp3) is 0.571. The Labute approximate surface area is 162 Å². The molecule has 2 fully saturated rings. The summed E-state index contributed by atoms with van der Waals surface area (Å²) in [4.78, 5) is 12.1. The molecule has 144 valence electrons. The van der Waals surface area contributed by atoms with Gasteiger partial charge in [0.15, 0.2) is 5.82 Å². The molecule has 6 heteroatoms. The van der Waals surface area contributed by atoms with Crippen molar-refractivity contribution >= 4 is 17.5 Å². The number of piperidine rings is 1. The van der Waals surface area contributed by atoms with Crippen molar-refractivity contribution < 1.29 is 0 Å². The van der Waals surface area contributed by atoms with Gasteiger partial charge in [-0.2, -0.15) is 10.1 Å². The van der Waals surface area contributed by atoms with Gasteiger partial charge in [-0.3, -0.25) is 0 Å². The zero-order chi connectivity index (χ0) is 18.6. The minimum atomic E-state index is 0.550. The molecule has 2 saturated heterocycles. The zero-order valence-corrected chi connectivity index (χ0v) is 16.5. The summed E-state index contributed by atoms with van der Waals surface area (Å²) in [6.07, 6.45) is 6.72. The predicted molar refractivity (Wildman–Crippen MR) is 111 cm³/mol. The molecule has 6 nitrogen and oxygen atoms in total. The van der Waals surface area contributed by atoms with Crippen LogP contribution in [0.15, 0.2) is 30.5 Å². The molecule has 0 aliphatic carbocycles. The van der Waals surface area contributed by atoms with Crippen LogP contribution >= 0.6 is 0 Å². The molecule has 3 heterocycles. The van der Waals surface area contributed by atoms with Crippen molar-refractivity contribution in [3.05, 3.63) is 36.0 Å². The number of hydrogen-bond acceptors (Lipinski definition) is 6. The predicted octanol–water partition coefficient (Wildman–Crippen LogP) is 3.28. The summed E-state index contributed by atoms with van der Waals surface area (Å²) < 4.78 is 0. The number of aromatic nitrogens is 3. The number of nitrogens with zero attached hydrogens (tertiary/aromatic N) is 6. The minimum Gasteiger partial charge on any atom is -0.368 e. The van der Waals surface area contributed by atoms with Crippen LogP contribution in [0.4, 0.5) is 17.5 Å². The van der Waals surface area contributed by atoms with Crippen LogP contribution < -0.4 is 14.7 Å². The van der Waals surface area contributed by atoms with Gasteiger partial charge in [-0.05, 0) is 50.3 Å². The molecule has 0 spiro atoms. The van der Waals surface area contributed by atoms with E-state index in [0.717, 1.165) is 50.9 Å². The van der Waals surface area contributed by atoms with Crippen molar-refractivity contribution in [3.63, 3.8) is 0 Å². The van der Waals surface area contributed by atoms with Crippen molar-refractivity contribution in [1.82, 2.24) is 15.2 Å². The molecule has 27 heavy (non-hydrogen) atoms. The second kappa shape index (κ2) is 8.11. The van der Waals surface area contributed by atoms with Crippen LogP contribution in [0, 0.1) is 6.92 Å². The number of anilines is 3. The van der Waals surface area contributed by atoms with Gasteiger partial charge < -0.3 is 14.7 Å². The van der Waals surface area contributed by atoms with E-state index in [2.05, 4.69) is 63.0 Å². The third kappa shape index (κ3) is 3.99. The second-order valence-electron chi connectivity index (χ2n) is 7.68. The highest BCUT2D eigenvalue weighted by Gasteiger charge is 2.25. The van der Waals surface area contributed by atoms with Gasteiger partial charge in [0, 0.05) is 44.5 Å². The molecule has 0 amide bonds. The lowest BCUT2D eigenvalue weighted by Crippen LogP contribution is -2.47. The van der Waals surface area contributed by atoms with Crippen molar-refractivity contribution in [2.45, 2.75) is 45.6 Å². The van der Waals surface area contributed by atoms with E-state index in [1.54, 1.807) is 0 Å². The van der Waals surface area contributed by atoms with E-state index in [-0.39, 0.29) is 0 Å². The summed E-state index contributed by atoms with van der Waals surface area (Å²) in [5.74, 6) is 1.77. The first-order chi connectivity index (χ1) is 13.2. The molecule has 0 N–H and O–H groups in total. The molecular formula is C21H30N6. The Balaban J connectivity index is 1.44. The standard InChI is InChI=1S/C21H30N6/c1-3-18-8-4-5-10-27(18)21-23-20(16-22-24-21)26-13-11-25(12-14-26)19-9-6-7-17(2)15-19/h6-7,9,15-16,18H,3-5,8,10-14H2,1-2H3. The topological polar surface area (TPSA) is 48.4 Å². The van der Waals surface area contributed by atoms with Gasteiger partial charge in [-0.1, -0.05) is 19.1 Å². The summed E-state index contributed by atoms with van der Waals surface area (Å²) in [5, 5.41) is 8.64. The maximum absolute atomic E-state index is 4.89. The SMILES string of the molecule is CCC1CCCCN1c1nncc(N2CCN(c3cccc(C)c3)CC2)n1. The minimum absolute atomic E-state index is 0.550. The molecule has 0 bridgehead atoms. The molecule has 1 unspecified atom stereocenters. The van der Waals surface area contributed by atoms with Crippen molar-refractivity contribution in [3.8, 4) is 0 Å². The molecule has 2 aliphatic heterocycles. The molecule has 0 radical (unpaired) electrons. The Morgan fingerprint density at radius 2 is 1.85 bits per heavy atom. The van der Waals surface area contributed by atoms with Gasteiger partial charge in [-0.15, -0.1) is 5.10 Å². The van der Waals surface area contributed by atoms with Crippen molar-refractivity contribution in [1.29, 1.82) is 0 Å². The van der Waals surface area contributed by atoms with Gasteiger partial charge in [-0.25, -0.2) is 0 Å². The van der Waals surface area contributed by atoms with Gasteiger partial charge in [0.05, 0.1) is 6.20 Å². The first-order valence-corrected chi connectivity index (χ1v) is 10.3. The maximum Gasteiger partial charge on any atom is 0.247 e. The molecule has 1 aromatic heterocycles. The first kappa shape index (κ1) is 18.0. The Hall–Kier alpha value is -2.37. The third-order valence-electron chi connectivity index (χ3n) is 5.86. The number of hydrogen-bond donors (Lipinski definition) is 0. The Bertz CT molecular complexity index is 756. The summed E-state index contributed by atoms with van der Waals surface area (Å²) in [5.41, 5.74) is 2.63. The molecule has 0 saturated carbocycles. The number of piperazine rings is 1. The molecule has 2 aliphatic rings. The van der Waals surface area contributed by atoms with Crippen LogP contribution in [-0.2, 0) is 0 Å². The molecule has 4 rings (SSSR count). The highest BCUT2D eigenvalue weighted by atomic mass is 15.4. The Morgan fingerprint density at radius 1 is 1.04 bits per heavy atom. The van der Waals surface area contributed by atoms with Gasteiger partial charge >= 0.3 is 0 Å². The normalized spacial score (nSPS) is 20.8. The summed E-state index contributed by atoms with van der Waals surface area (Å²) in [7, 11) is 0. The Morgan fingerprint density at radius 3 is 2.63 bits per heavy atom. The first-order valence-electron chi connectivity index (χ1n) is 10.3. The average molecular weight is 367 g/mol. The second-order valence-corrected chi connectivity index (χ2v) is 7.68. The van der Waals surface area contributed by atoms with Crippen LogP contribution in [-0.4, -0.2) is 53.9 Å². The quantitative estimate of drug-likeness (QED) is 0.828. The summed E-state index contributed by atoms with van der Waals surface area (Å²) in [6, 6.07) is 9.31. The molecule has 1 atom stereocenters. The summed E-state index contributed by atoms with van der Waals surface area (Å²) >= 11 is 0. The fourth-order valence-electron chi connectivity index (χ4n) is 4.27. The van der Waals surface area contributed by atoms with E-state index in [9.17, 15) is 0 Å². The third-order valence-corrected chi connectivity index (χ3v) is 5.86.